The van der Waals surface area contributed by atoms with E-state index in [1.165, 1.54) is 11.1 Å². The van der Waals surface area contributed by atoms with E-state index in [0.29, 0.717) is 12.6 Å². The van der Waals surface area contributed by atoms with Gasteiger partial charge in [-0.15, -0.1) is 0 Å². The Morgan fingerprint density at radius 2 is 2.08 bits per heavy atom. The van der Waals surface area contributed by atoms with Crippen molar-refractivity contribution >= 4 is 5.91 Å². The lowest BCUT2D eigenvalue weighted by molar-refractivity contribution is -0.125. The van der Waals surface area contributed by atoms with Gasteiger partial charge < -0.3 is 15.5 Å². The summed E-state index contributed by atoms with van der Waals surface area (Å²) in [6, 6.07) is 8.61. The van der Waals surface area contributed by atoms with E-state index in [2.05, 4.69) is 46.3 Å². The van der Waals surface area contributed by atoms with Gasteiger partial charge in [0, 0.05) is 38.8 Å². The van der Waals surface area contributed by atoms with Crippen molar-refractivity contribution in [2.75, 3.05) is 32.8 Å². The zero-order chi connectivity index (χ0) is 18.5. The second kappa shape index (κ2) is 8.95. The molecule has 2 unspecified atom stereocenters. The van der Waals surface area contributed by atoms with Crippen molar-refractivity contribution in [1.82, 2.24) is 15.1 Å². The highest BCUT2D eigenvalue weighted by molar-refractivity contribution is 5.82. The molecule has 0 radical (unpaired) electrons. The average Bonchev–Trinajstić information content (AvgIpc) is 3.04. The molecule has 2 aliphatic rings. The second-order valence-corrected chi connectivity index (χ2v) is 7.61. The molecular formula is C20H31N3O3. The van der Waals surface area contributed by atoms with Crippen LogP contribution in [-0.2, 0) is 11.3 Å². The van der Waals surface area contributed by atoms with Crippen LogP contribution in [0.15, 0.2) is 24.3 Å². The number of likely N-dealkylation sites (tertiary alicyclic amines) is 2. The van der Waals surface area contributed by atoms with Crippen LogP contribution in [0.4, 0.5) is 0 Å². The summed E-state index contributed by atoms with van der Waals surface area (Å²) < 4.78 is 0. The predicted octanol–water partition coefficient (Wildman–Crippen LogP) is 0.503. The molecule has 0 bridgehead atoms. The molecule has 3 N–H and O–H groups in total. The highest BCUT2D eigenvalue weighted by Gasteiger charge is 2.39. The molecule has 6 heteroatoms. The monoisotopic (exact) mass is 361 g/mol. The molecule has 2 saturated heterocycles. The summed E-state index contributed by atoms with van der Waals surface area (Å²) in [5.41, 5.74) is 2.45. The number of nitrogens with zero attached hydrogens (tertiary/aromatic N) is 2. The molecular weight excluding hydrogens is 330 g/mol. The number of rotatable bonds is 6. The molecule has 1 amide bonds. The smallest absolute Gasteiger partial charge is 0.237 e. The molecule has 6 nitrogen and oxygen atoms in total. The molecule has 2 fully saturated rings. The second-order valence-electron chi connectivity index (χ2n) is 7.61. The molecule has 2 aliphatic heterocycles. The molecule has 26 heavy (non-hydrogen) atoms. The number of piperidine rings is 1. The van der Waals surface area contributed by atoms with Crippen LogP contribution >= 0.6 is 0 Å². The van der Waals surface area contributed by atoms with Gasteiger partial charge >= 0.3 is 0 Å². The Hall–Kier alpha value is -1.47. The topological polar surface area (TPSA) is 76.0 Å². The molecule has 0 aromatic heterocycles. The van der Waals surface area contributed by atoms with Crippen LogP contribution < -0.4 is 5.32 Å². The summed E-state index contributed by atoms with van der Waals surface area (Å²) in [4.78, 5) is 17.3. The molecule has 3 rings (SSSR count). The SMILES string of the molecule is Cc1cccc(CN2CC(N3CCC(O)CC3)CC2C(=O)NCCO)c1. The van der Waals surface area contributed by atoms with Gasteiger partial charge in [-0.25, -0.2) is 0 Å². The van der Waals surface area contributed by atoms with Gasteiger partial charge in [-0.05, 0) is 31.7 Å². The fraction of sp³-hybridized carbons (Fsp3) is 0.650. The minimum atomic E-state index is -0.181. The standard InChI is InChI=1S/C20H31N3O3/c1-15-3-2-4-16(11-15)13-23-14-17(22-8-5-18(25)6-9-22)12-19(23)20(26)21-7-10-24/h2-4,11,17-19,24-25H,5-10,12-14H2,1H3,(H,21,26). The van der Waals surface area contributed by atoms with Crippen molar-refractivity contribution in [1.29, 1.82) is 0 Å². The number of aliphatic hydroxyl groups is 2. The van der Waals surface area contributed by atoms with Crippen molar-refractivity contribution in [3.8, 4) is 0 Å². The fourth-order valence-corrected chi connectivity index (χ4v) is 4.18. The van der Waals surface area contributed by atoms with Crippen LogP contribution in [0, 0.1) is 6.92 Å². The quantitative estimate of drug-likeness (QED) is 0.688. The Morgan fingerprint density at radius 3 is 2.77 bits per heavy atom. The van der Waals surface area contributed by atoms with E-state index in [9.17, 15) is 9.90 Å². The van der Waals surface area contributed by atoms with E-state index in [4.69, 9.17) is 5.11 Å². The van der Waals surface area contributed by atoms with Gasteiger partial charge in [-0.3, -0.25) is 14.6 Å². The van der Waals surface area contributed by atoms with Gasteiger partial charge in [0.2, 0.25) is 5.91 Å². The summed E-state index contributed by atoms with van der Waals surface area (Å²) in [5, 5.41) is 21.6. The van der Waals surface area contributed by atoms with E-state index in [-0.39, 0.29) is 24.7 Å². The van der Waals surface area contributed by atoms with Gasteiger partial charge in [-0.1, -0.05) is 29.8 Å². The first-order valence-corrected chi connectivity index (χ1v) is 9.67. The molecule has 1 aromatic carbocycles. The number of hydrogen-bond acceptors (Lipinski definition) is 5. The number of aliphatic hydroxyl groups excluding tert-OH is 2. The third kappa shape index (κ3) is 4.82. The Kier molecular flexibility index (Phi) is 6.64. The lowest BCUT2D eigenvalue weighted by Gasteiger charge is -2.34. The molecule has 0 spiro atoms. The summed E-state index contributed by atoms with van der Waals surface area (Å²) in [7, 11) is 0. The maximum atomic E-state index is 12.6. The lowest BCUT2D eigenvalue weighted by Crippen LogP contribution is -2.44. The zero-order valence-corrected chi connectivity index (χ0v) is 15.6. The van der Waals surface area contributed by atoms with Crippen molar-refractivity contribution in [2.24, 2.45) is 0 Å². The molecule has 1 aromatic rings. The Morgan fingerprint density at radius 1 is 1.31 bits per heavy atom. The van der Waals surface area contributed by atoms with Crippen molar-refractivity contribution in [2.45, 2.75) is 50.9 Å². The Balaban J connectivity index is 1.69. The maximum Gasteiger partial charge on any atom is 0.237 e. The van der Waals surface area contributed by atoms with Crippen LogP contribution in [-0.4, -0.2) is 76.9 Å². The van der Waals surface area contributed by atoms with Crippen molar-refractivity contribution in [3.63, 3.8) is 0 Å². The van der Waals surface area contributed by atoms with E-state index in [1.807, 2.05) is 0 Å². The predicted molar refractivity (Wildman–Crippen MR) is 101 cm³/mol. The molecule has 144 valence electrons. The first-order chi connectivity index (χ1) is 12.6. The maximum absolute atomic E-state index is 12.6. The third-order valence-electron chi connectivity index (χ3n) is 5.58. The van der Waals surface area contributed by atoms with Gasteiger partial charge in [0.25, 0.3) is 0 Å². The number of amides is 1. The Labute approximate surface area is 155 Å². The number of hydrogen-bond donors (Lipinski definition) is 3. The average molecular weight is 361 g/mol. The molecule has 0 aliphatic carbocycles. The fourth-order valence-electron chi connectivity index (χ4n) is 4.18. The zero-order valence-electron chi connectivity index (χ0n) is 15.6. The van der Waals surface area contributed by atoms with Crippen molar-refractivity contribution in [3.05, 3.63) is 35.4 Å². The number of benzene rings is 1. The lowest BCUT2D eigenvalue weighted by atomic mass is 10.0. The summed E-state index contributed by atoms with van der Waals surface area (Å²) in [6.07, 6.45) is 2.25. The van der Waals surface area contributed by atoms with Crippen LogP contribution in [0.3, 0.4) is 0 Å². The van der Waals surface area contributed by atoms with E-state index >= 15 is 0 Å². The van der Waals surface area contributed by atoms with Crippen LogP contribution in [0.5, 0.6) is 0 Å². The van der Waals surface area contributed by atoms with Gasteiger partial charge in [-0.2, -0.15) is 0 Å². The summed E-state index contributed by atoms with van der Waals surface area (Å²) >= 11 is 0. The molecule has 0 saturated carbocycles. The number of nitrogens with one attached hydrogen (secondary N) is 1. The first kappa shape index (κ1) is 19.3. The van der Waals surface area contributed by atoms with E-state index in [0.717, 1.165) is 45.4 Å². The van der Waals surface area contributed by atoms with Gasteiger partial charge in [0.05, 0.1) is 18.8 Å². The molecule has 2 atom stereocenters. The number of carbonyl (C=O) groups is 1. The van der Waals surface area contributed by atoms with Gasteiger partial charge in [0.1, 0.15) is 0 Å². The molecule has 2 heterocycles. The summed E-state index contributed by atoms with van der Waals surface area (Å²) in [5.74, 6) is 0.00578. The van der Waals surface area contributed by atoms with Gasteiger partial charge in [0.15, 0.2) is 0 Å². The van der Waals surface area contributed by atoms with E-state index in [1.54, 1.807) is 0 Å². The number of aryl methyl sites for hydroxylation is 1. The highest BCUT2D eigenvalue weighted by Crippen LogP contribution is 2.27. The minimum Gasteiger partial charge on any atom is -0.395 e. The third-order valence-corrected chi connectivity index (χ3v) is 5.58. The first-order valence-electron chi connectivity index (χ1n) is 9.67. The number of carbonyl (C=O) groups excluding carboxylic acids is 1. The van der Waals surface area contributed by atoms with Crippen molar-refractivity contribution < 1.29 is 15.0 Å². The normalized spacial score (nSPS) is 25.5. The van der Waals surface area contributed by atoms with Crippen LogP contribution in [0.1, 0.15) is 30.4 Å². The largest absolute Gasteiger partial charge is 0.395 e. The summed E-state index contributed by atoms with van der Waals surface area (Å²) in [6.45, 7) is 5.76. The highest BCUT2D eigenvalue weighted by atomic mass is 16.3. The van der Waals surface area contributed by atoms with Crippen LogP contribution in [0.25, 0.3) is 0 Å². The minimum absolute atomic E-state index is 0.00578. The van der Waals surface area contributed by atoms with E-state index < -0.39 is 0 Å². The van der Waals surface area contributed by atoms with Crippen LogP contribution in [0.2, 0.25) is 0 Å². The Bertz CT molecular complexity index is 602.